The molecule has 2 aromatic carbocycles. The number of benzene rings is 2. The molecule has 5 nitrogen and oxygen atoms in total. The van der Waals surface area contributed by atoms with Crippen LogP contribution >= 0.6 is 0 Å². The van der Waals surface area contributed by atoms with Crippen molar-refractivity contribution < 1.29 is 14.3 Å². The van der Waals surface area contributed by atoms with Gasteiger partial charge in [-0.1, -0.05) is 12.1 Å². The van der Waals surface area contributed by atoms with Gasteiger partial charge >= 0.3 is 12.0 Å². The summed E-state index contributed by atoms with van der Waals surface area (Å²) in [7, 11) is 0. The first-order valence-corrected chi connectivity index (χ1v) is 8.21. The molecule has 0 spiro atoms. The topological polar surface area (TPSA) is 49.9 Å². The van der Waals surface area contributed by atoms with E-state index in [0.717, 1.165) is 11.3 Å². The summed E-state index contributed by atoms with van der Waals surface area (Å²) in [6, 6.07) is 14.5. The molecular weight excluding hydrogens is 316 g/mol. The zero-order chi connectivity index (χ0) is 17.8. The lowest BCUT2D eigenvalue weighted by Gasteiger charge is -2.31. The van der Waals surface area contributed by atoms with E-state index in [-0.39, 0.29) is 12.0 Å². The molecule has 0 N–H and O–H groups in total. The van der Waals surface area contributed by atoms with E-state index in [1.807, 2.05) is 37.3 Å². The van der Waals surface area contributed by atoms with Crippen molar-refractivity contribution in [3.63, 3.8) is 0 Å². The number of amides is 2. The predicted octanol–water partition coefficient (Wildman–Crippen LogP) is 4.13. The number of anilines is 2. The minimum absolute atomic E-state index is 0.128. The van der Waals surface area contributed by atoms with Gasteiger partial charge in [0.2, 0.25) is 0 Å². The van der Waals surface area contributed by atoms with Gasteiger partial charge in [-0.25, -0.2) is 9.59 Å². The number of hydrogen-bond donors (Lipinski definition) is 0. The van der Waals surface area contributed by atoms with Crippen LogP contribution in [-0.2, 0) is 4.74 Å². The van der Waals surface area contributed by atoms with Gasteiger partial charge in [0.15, 0.2) is 0 Å². The summed E-state index contributed by atoms with van der Waals surface area (Å²) in [4.78, 5) is 27.9. The van der Waals surface area contributed by atoms with E-state index in [4.69, 9.17) is 4.74 Å². The van der Waals surface area contributed by atoms with Crippen LogP contribution in [0.2, 0.25) is 0 Å². The summed E-state index contributed by atoms with van der Waals surface area (Å²) in [5, 5.41) is 0. The predicted molar refractivity (Wildman–Crippen MR) is 97.9 cm³/mol. The third kappa shape index (κ3) is 3.55. The lowest BCUT2D eigenvalue weighted by atomic mass is 10.2. The van der Waals surface area contributed by atoms with E-state index in [1.54, 1.807) is 47.2 Å². The van der Waals surface area contributed by atoms with Gasteiger partial charge in [0.05, 0.1) is 17.9 Å². The first-order chi connectivity index (χ1) is 12.1. The largest absolute Gasteiger partial charge is 0.462 e. The SMILES string of the molecule is CCOC(=O)c1ccc(N2C=CCN(c3cccc(C)c3)C2=O)cc1. The third-order valence-electron chi connectivity index (χ3n) is 3.95. The standard InChI is InChI=1S/C20H20N2O3/c1-3-25-19(23)16-8-10-17(11-9-16)21-12-5-13-22(20(21)24)18-7-4-6-15(2)14-18/h4-12,14H,3,13H2,1-2H3. The maximum Gasteiger partial charge on any atom is 0.338 e. The van der Waals surface area contributed by atoms with Crippen LogP contribution in [0.1, 0.15) is 22.8 Å². The molecule has 128 valence electrons. The fraction of sp³-hybridized carbons (Fsp3) is 0.200. The average molecular weight is 336 g/mol. The fourth-order valence-electron chi connectivity index (χ4n) is 2.71. The number of esters is 1. The molecule has 1 aliphatic rings. The van der Waals surface area contributed by atoms with Gasteiger partial charge < -0.3 is 4.74 Å². The Balaban J connectivity index is 1.83. The van der Waals surface area contributed by atoms with Crippen molar-refractivity contribution in [3.8, 4) is 0 Å². The highest BCUT2D eigenvalue weighted by Gasteiger charge is 2.25. The Morgan fingerprint density at radius 2 is 1.88 bits per heavy atom. The number of ether oxygens (including phenoxy) is 1. The molecule has 0 bridgehead atoms. The van der Waals surface area contributed by atoms with Crippen molar-refractivity contribution >= 4 is 23.4 Å². The molecule has 2 amide bonds. The lowest BCUT2D eigenvalue weighted by Crippen LogP contribution is -2.44. The molecule has 1 aliphatic heterocycles. The molecular formula is C20H20N2O3. The average Bonchev–Trinajstić information content (AvgIpc) is 2.62. The Labute approximate surface area is 147 Å². The monoisotopic (exact) mass is 336 g/mol. The van der Waals surface area contributed by atoms with Crippen LogP contribution in [0.5, 0.6) is 0 Å². The Bertz CT molecular complexity index is 812. The first kappa shape index (κ1) is 16.8. The van der Waals surface area contributed by atoms with Gasteiger partial charge in [-0.05, 0) is 61.9 Å². The van der Waals surface area contributed by atoms with E-state index in [2.05, 4.69) is 0 Å². The minimum Gasteiger partial charge on any atom is -0.462 e. The van der Waals surface area contributed by atoms with Crippen LogP contribution < -0.4 is 9.80 Å². The molecule has 5 heteroatoms. The maximum atomic E-state index is 12.9. The highest BCUT2D eigenvalue weighted by molar-refractivity contribution is 6.06. The van der Waals surface area contributed by atoms with Crippen molar-refractivity contribution in [2.75, 3.05) is 23.0 Å². The van der Waals surface area contributed by atoms with E-state index in [0.29, 0.717) is 24.4 Å². The summed E-state index contributed by atoms with van der Waals surface area (Å²) in [5.41, 5.74) is 3.13. The molecule has 25 heavy (non-hydrogen) atoms. The number of aryl methyl sites for hydroxylation is 1. The normalized spacial score (nSPS) is 13.9. The quantitative estimate of drug-likeness (QED) is 0.789. The molecule has 0 aromatic heterocycles. The van der Waals surface area contributed by atoms with Crippen LogP contribution in [-0.4, -0.2) is 25.2 Å². The van der Waals surface area contributed by atoms with E-state index >= 15 is 0 Å². The second-order valence-electron chi connectivity index (χ2n) is 5.75. The summed E-state index contributed by atoms with van der Waals surface area (Å²) in [6.45, 7) is 4.63. The van der Waals surface area contributed by atoms with Gasteiger partial charge in [0.1, 0.15) is 0 Å². The van der Waals surface area contributed by atoms with Crippen LogP contribution in [0.25, 0.3) is 0 Å². The van der Waals surface area contributed by atoms with Gasteiger partial charge in [0, 0.05) is 18.4 Å². The lowest BCUT2D eigenvalue weighted by molar-refractivity contribution is 0.0526. The Kier molecular flexibility index (Phi) is 4.84. The highest BCUT2D eigenvalue weighted by Crippen LogP contribution is 2.25. The second kappa shape index (κ2) is 7.21. The van der Waals surface area contributed by atoms with Gasteiger partial charge in [-0.15, -0.1) is 0 Å². The van der Waals surface area contributed by atoms with Crippen molar-refractivity contribution in [1.29, 1.82) is 0 Å². The molecule has 0 radical (unpaired) electrons. The van der Waals surface area contributed by atoms with Crippen molar-refractivity contribution in [3.05, 3.63) is 71.9 Å². The number of urea groups is 1. The molecule has 1 heterocycles. The summed E-state index contributed by atoms with van der Waals surface area (Å²) in [6.07, 6.45) is 3.69. The van der Waals surface area contributed by atoms with E-state index < -0.39 is 0 Å². The zero-order valence-electron chi connectivity index (χ0n) is 14.3. The summed E-state index contributed by atoms with van der Waals surface area (Å²) in [5.74, 6) is -0.365. The van der Waals surface area contributed by atoms with E-state index in [9.17, 15) is 9.59 Å². The van der Waals surface area contributed by atoms with Crippen molar-refractivity contribution in [2.24, 2.45) is 0 Å². The third-order valence-corrected chi connectivity index (χ3v) is 3.95. The summed E-state index contributed by atoms with van der Waals surface area (Å²) >= 11 is 0. The Morgan fingerprint density at radius 3 is 2.56 bits per heavy atom. The summed E-state index contributed by atoms with van der Waals surface area (Å²) < 4.78 is 4.98. The maximum absolute atomic E-state index is 12.9. The molecule has 0 atom stereocenters. The number of carbonyl (C=O) groups excluding carboxylic acids is 2. The molecule has 0 aliphatic carbocycles. The molecule has 3 rings (SSSR count). The molecule has 0 saturated heterocycles. The fourth-order valence-corrected chi connectivity index (χ4v) is 2.71. The molecule has 0 saturated carbocycles. The molecule has 0 unspecified atom stereocenters. The van der Waals surface area contributed by atoms with E-state index in [1.165, 1.54) is 0 Å². The van der Waals surface area contributed by atoms with Gasteiger partial charge in [-0.3, -0.25) is 9.80 Å². The first-order valence-electron chi connectivity index (χ1n) is 8.21. The smallest absolute Gasteiger partial charge is 0.338 e. The highest BCUT2D eigenvalue weighted by atomic mass is 16.5. The molecule has 0 fully saturated rings. The number of nitrogens with zero attached hydrogens (tertiary/aromatic N) is 2. The van der Waals surface area contributed by atoms with Crippen LogP contribution in [0, 0.1) is 6.92 Å². The van der Waals surface area contributed by atoms with Crippen molar-refractivity contribution in [1.82, 2.24) is 0 Å². The number of hydrogen-bond acceptors (Lipinski definition) is 3. The van der Waals surface area contributed by atoms with Crippen LogP contribution in [0.3, 0.4) is 0 Å². The minimum atomic E-state index is -0.365. The number of carbonyl (C=O) groups is 2. The number of rotatable bonds is 4. The second-order valence-corrected chi connectivity index (χ2v) is 5.75. The zero-order valence-corrected chi connectivity index (χ0v) is 14.3. The van der Waals surface area contributed by atoms with Crippen LogP contribution in [0.4, 0.5) is 16.2 Å². The Morgan fingerprint density at radius 1 is 1.12 bits per heavy atom. The Hall–Kier alpha value is -3.08. The van der Waals surface area contributed by atoms with Crippen molar-refractivity contribution in [2.45, 2.75) is 13.8 Å². The van der Waals surface area contributed by atoms with Crippen LogP contribution in [0.15, 0.2) is 60.8 Å². The van der Waals surface area contributed by atoms with Gasteiger partial charge in [-0.2, -0.15) is 0 Å². The van der Waals surface area contributed by atoms with Gasteiger partial charge in [0.25, 0.3) is 0 Å². The molecule has 2 aromatic rings.